The molecule has 0 bridgehead atoms. The first kappa shape index (κ1) is 10.3. The lowest BCUT2D eigenvalue weighted by Gasteiger charge is -2.03. The summed E-state index contributed by atoms with van der Waals surface area (Å²) >= 11 is 0. The molecule has 0 unspecified atom stereocenters. The van der Waals surface area contributed by atoms with E-state index in [4.69, 9.17) is 10.4 Å². The van der Waals surface area contributed by atoms with Crippen molar-refractivity contribution >= 4 is 11.6 Å². The molecule has 0 fully saturated rings. The highest BCUT2D eigenvalue weighted by molar-refractivity contribution is 5.40. The van der Waals surface area contributed by atoms with Crippen molar-refractivity contribution in [3.63, 3.8) is 0 Å². The Morgan fingerprint density at radius 2 is 2.12 bits per heavy atom. The van der Waals surface area contributed by atoms with E-state index in [0.29, 0.717) is 29.9 Å². The first-order valence-corrected chi connectivity index (χ1v) is 4.59. The Kier molecular flexibility index (Phi) is 2.92. The van der Waals surface area contributed by atoms with Crippen LogP contribution in [-0.2, 0) is 6.54 Å². The van der Waals surface area contributed by atoms with Crippen LogP contribution in [0.3, 0.4) is 0 Å². The van der Waals surface area contributed by atoms with Crippen LogP contribution >= 0.6 is 0 Å². The van der Waals surface area contributed by atoms with Crippen LogP contribution in [0.2, 0.25) is 0 Å². The highest BCUT2D eigenvalue weighted by Gasteiger charge is 2.03. The third-order valence-electron chi connectivity index (χ3n) is 1.77. The minimum absolute atomic E-state index is 0.392. The molecule has 0 aliphatic heterocycles. The number of rotatable bonds is 4. The molecule has 0 aliphatic carbocycles. The van der Waals surface area contributed by atoms with E-state index in [1.54, 1.807) is 13.1 Å². The number of nitrogens with one attached hydrogen (secondary N) is 2. The lowest BCUT2D eigenvalue weighted by atomic mass is 10.5. The first-order chi connectivity index (χ1) is 7.78. The summed E-state index contributed by atoms with van der Waals surface area (Å²) in [7, 11) is 0. The monoisotopic (exact) mass is 221 g/mol. The van der Waals surface area contributed by atoms with Crippen molar-refractivity contribution < 1.29 is 4.52 Å². The standard InChI is InChI=1S/C8H11N7O/c1-5-12-8(16-15-5)4-11-6-2-10-3-7(13-6)14-9/h2-3H,4,9H2,1H3,(H2,11,13,14). The molecule has 2 aromatic heterocycles. The summed E-state index contributed by atoms with van der Waals surface area (Å²) in [4.78, 5) is 12.1. The third-order valence-corrected chi connectivity index (χ3v) is 1.77. The topological polar surface area (TPSA) is 115 Å². The number of nitrogens with zero attached hydrogens (tertiary/aromatic N) is 4. The molecule has 8 heteroatoms. The molecule has 16 heavy (non-hydrogen) atoms. The Morgan fingerprint density at radius 1 is 1.31 bits per heavy atom. The van der Waals surface area contributed by atoms with Crippen molar-refractivity contribution in [1.82, 2.24) is 20.1 Å². The summed E-state index contributed by atoms with van der Waals surface area (Å²) in [5.41, 5.74) is 2.40. The van der Waals surface area contributed by atoms with E-state index in [2.05, 4.69) is 30.9 Å². The van der Waals surface area contributed by atoms with Gasteiger partial charge >= 0.3 is 0 Å². The molecular weight excluding hydrogens is 210 g/mol. The van der Waals surface area contributed by atoms with Gasteiger partial charge in [0.05, 0.1) is 18.9 Å². The van der Waals surface area contributed by atoms with E-state index in [9.17, 15) is 0 Å². The average molecular weight is 221 g/mol. The number of nitrogen functional groups attached to an aromatic ring is 1. The van der Waals surface area contributed by atoms with Crippen molar-refractivity contribution in [1.29, 1.82) is 0 Å². The molecule has 84 valence electrons. The average Bonchev–Trinajstić information content (AvgIpc) is 2.73. The molecule has 0 spiro atoms. The second kappa shape index (κ2) is 4.53. The van der Waals surface area contributed by atoms with Crippen LogP contribution in [0.5, 0.6) is 0 Å². The zero-order valence-corrected chi connectivity index (χ0v) is 8.64. The second-order valence-electron chi connectivity index (χ2n) is 3.02. The molecule has 0 aromatic carbocycles. The number of anilines is 2. The molecule has 0 saturated heterocycles. The zero-order valence-electron chi connectivity index (χ0n) is 8.64. The molecule has 2 rings (SSSR count). The molecular formula is C8H11N7O. The van der Waals surface area contributed by atoms with Crippen molar-refractivity contribution in [2.24, 2.45) is 5.84 Å². The summed E-state index contributed by atoms with van der Waals surface area (Å²) in [5, 5.41) is 6.65. The van der Waals surface area contributed by atoms with Gasteiger partial charge in [-0.05, 0) is 6.92 Å². The van der Waals surface area contributed by atoms with Gasteiger partial charge < -0.3 is 15.3 Å². The summed E-state index contributed by atoms with van der Waals surface area (Å²) < 4.78 is 4.93. The Hall–Kier alpha value is -2.22. The minimum Gasteiger partial charge on any atom is -0.360 e. The predicted molar refractivity (Wildman–Crippen MR) is 56.2 cm³/mol. The fraction of sp³-hybridized carbons (Fsp3) is 0.250. The van der Waals surface area contributed by atoms with Crippen LogP contribution in [-0.4, -0.2) is 20.1 Å². The minimum atomic E-state index is 0.392. The summed E-state index contributed by atoms with van der Waals surface area (Å²) in [5.74, 6) is 7.35. The van der Waals surface area contributed by atoms with Gasteiger partial charge in [0.25, 0.3) is 0 Å². The van der Waals surface area contributed by atoms with Crippen molar-refractivity contribution in [2.75, 3.05) is 10.7 Å². The largest absolute Gasteiger partial charge is 0.360 e. The third kappa shape index (κ3) is 2.42. The maximum atomic E-state index is 5.21. The number of hydrazine groups is 1. The highest BCUT2D eigenvalue weighted by atomic mass is 16.5. The van der Waals surface area contributed by atoms with Crippen LogP contribution in [0.15, 0.2) is 16.9 Å². The van der Waals surface area contributed by atoms with E-state index in [1.165, 1.54) is 6.20 Å². The van der Waals surface area contributed by atoms with Gasteiger partial charge in [-0.1, -0.05) is 5.16 Å². The molecule has 8 nitrogen and oxygen atoms in total. The van der Waals surface area contributed by atoms with Crippen LogP contribution < -0.4 is 16.6 Å². The highest BCUT2D eigenvalue weighted by Crippen LogP contribution is 2.06. The molecule has 0 aliphatic rings. The van der Waals surface area contributed by atoms with E-state index < -0.39 is 0 Å². The quantitative estimate of drug-likeness (QED) is 0.490. The van der Waals surface area contributed by atoms with Crippen molar-refractivity contribution in [3.05, 3.63) is 24.1 Å². The van der Waals surface area contributed by atoms with E-state index in [-0.39, 0.29) is 0 Å². The second-order valence-corrected chi connectivity index (χ2v) is 3.02. The Morgan fingerprint density at radius 3 is 2.81 bits per heavy atom. The van der Waals surface area contributed by atoms with Crippen LogP contribution in [0.1, 0.15) is 11.7 Å². The maximum absolute atomic E-state index is 5.21. The Labute approximate surface area is 91.3 Å². The number of aromatic nitrogens is 4. The zero-order chi connectivity index (χ0) is 11.4. The summed E-state index contributed by atoms with van der Waals surface area (Å²) in [6, 6.07) is 0. The van der Waals surface area contributed by atoms with Crippen LogP contribution in [0.25, 0.3) is 0 Å². The molecule has 0 radical (unpaired) electrons. The summed E-state index contributed by atoms with van der Waals surface area (Å²) in [6.45, 7) is 2.15. The van der Waals surface area contributed by atoms with E-state index in [1.807, 2.05) is 0 Å². The molecule has 0 atom stereocenters. The van der Waals surface area contributed by atoms with E-state index >= 15 is 0 Å². The Balaban J connectivity index is 1.99. The fourth-order valence-corrected chi connectivity index (χ4v) is 1.10. The normalized spacial score (nSPS) is 10.1. The number of nitrogens with two attached hydrogens (primary N) is 1. The Bertz CT molecular complexity index is 469. The smallest absolute Gasteiger partial charge is 0.245 e. The predicted octanol–water partition coefficient (Wildman–Crippen LogP) is 0.0657. The van der Waals surface area contributed by atoms with Gasteiger partial charge in [-0.3, -0.25) is 4.98 Å². The van der Waals surface area contributed by atoms with Crippen molar-refractivity contribution in [2.45, 2.75) is 13.5 Å². The molecule has 0 saturated carbocycles. The van der Waals surface area contributed by atoms with Gasteiger partial charge in [0.2, 0.25) is 5.89 Å². The number of hydrogen-bond donors (Lipinski definition) is 3. The lowest BCUT2D eigenvalue weighted by Crippen LogP contribution is -2.10. The van der Waals surface area contributed by atoms with Gasteiger partial charge in [-0.2, -0.15) is 4.98 Å². The van der Waals surface area contributed by atoms with Crippen molar-refractivity contribution in [3.8, 4) is 0 Å². The maximum Gasteiger partial charge on any atom is 0.245 e. The summed E-state index contributed by atoms with van der Waals surface area (Å²) in [6.07, 6.45) is 3.09. The van der Waals surface area contributed by atoms with Gasteiger partial charge in [-0.25, -0.2) is 10.8 Å². The SMILES string of the molecule is Cc1noc(CNc2cncc(NN)n2)n1. The van der Waals surface area contributed by atoms with Gasteiger partial charge in [0.15, 0.2) is 11.6 Å². The molecule has 2 heterocycles. The lowest BCUT2D eigenvalue weighted by molar-refractivity contribution is 0.379. The van der Waals surface area contributed by atoms with Gasteiger partial charge in [0.1, 0.15) is 5.82 Å². The number of hydrogen-bond acceptors (Lipinski definition) is 8. The van der Waals surface area contributed by atoms with Crippen LogP contribution in [0.4, 0.5) is 11.6 Å². The van der Waals surface area contributed by atoms with E-state index in [0.717, 1.165) is 0 Å². The van der Waals surface area contributed by atoms with Gasteiger partial charge in [0, 0.05) is 0 Å². The van der Waals surface area contributed by atoms with Crippen LogP contribution in [0, 0.1) is 6.92 Å². The molecule has 4 N–H and O–H groups in total. The molecule has 0 amide bonds. The first-order valence-electron chi connectivity index (χ1n) is 4.59. The van der Waals surface area contributed by atoms with Gasteiger partial charge in [-0.15, -0.1) is 0 Å². The molecule has 2 aromatic rings. The number of aryl methyl sites for hydroxylation is 1. The fourth-order valence-electron chi connectivity index (χ4n) is 1.10.